The van der Waals surface area contributed by atoms with E-state index in [1.807, 2.05) is 11.8 Å². The summed E-state index contributed by atoms with van der Waals surface area (Å²) in [5.41, 5.74) is 0.430. The van der Waals surface area contributed by atoms with Gasteiger partial charge in [-0.1, -0.05) is 0 Å². The van der Waals surface area contributed by atoms with Crippen molar-refractivity contribution in [3.63, 3.8) is 0 Å². The largest absolute Gasteiger partial charge is 0.341 e. The average Bonchev–Trinajstić information content (AvgIpc) is 2.75. The van der Waals surface area contributed by atoms with Gasteiger partial charge in [-0.15, -0.1) is 0 Å². The maximum atomic E-state index is 11.8. The second-order valence-electron chi connectivity index (χ2n) is 5.15. The van der Waals surface area contributed by atoms with Crippen molar-refractivity contribution >= 4 is 17.3 Å². The molecule has 0 aromatic carbocycles. The van der Waals surface area contributed by atoms with Crippen LogP contribution in [0.3, 0.4) is 0 Å². The predicted molar refractivity (Wildman–Crippen MR) is 75.0 cm³/mol. The van der Waals surface area contributed by atoms with Crippen molar-refractivity contribution in [2.45, 2.75) is 52.6 Å². The number of Topliss-reactive ketones (excluding diaryl/α,β-unsaturated/α-hetero) is 1. The van der Waals surface area contributed by atoms with Crippen LogP contribution in [-0.4, -0.2) is 33.1 Å². The average molecular weight is 280 g/mol. The molecule has 1 atom stereocenters. The molecule has 0 aliphatic carbocycles. The quantitative estimate of drug-likeness (QED) is 0.623. The molecule has 1 fully saturated rings. The van der Waals surface area contributed by atoms with Crippen LogP contribution in [0.15, 0.2) is 0 Å². The summed E-state index contributed by atoms with van der Waals surface area (Å²) in [6, 6.07) is -0.274. The first-order valence-electron chi connectivity index (χ1n) is 6.96. The van der Waals surface area contributed by atoms with Gasteiger partial charge in [0.1, 0.15) is 5.69 Å². The number of carbonyl (C=O) groups is 1. The maximum Gasteiger partial charge on any atom is 0.333 e. The summed E-state index contributed by atoms with van der Waals surface area (Å²) in [5.74, 6) is 0.537. The number of aryl methyl sites for hydroxylation is 2. The van der Waals surface area contributed by atoms with Crippen LogP contribution in [0.2, 0.25) is 0 Å². The highest BCUT2D eigenvalue weighted by molar-refractivity contribution is 5.86. The van der Waals surface area contributed by atoms with E-state index in [2.05, 4.69) is 5.10 Å². The molecule has 1 aromatic rings. The van der Waals surface area contributed by atoms with Crippen LogP contribution >= 0.6 is 0 Å². The van der Waals surface area contributed by atoms with Crippen LogP contribution in [0, 0.1) is 17.0 Å². The molecule has 2 rings (SSSR count). The van der Waals surface area contributed by atoms with Gasteiger partial charge in [0.05, 0.1) is 11.0 Å². The van der Waals surface area contributed by atoms with E-state index >= 15 is 0 Å². The Balaban J connectivity index is 2.54. The number of nitrogens with zero attached hydrogens (tertiary/aromatic N) is 4. The van der Waals surface area contributed by atoms with Crippen LogP contribution in [0.4, 0.5) is 11.5 Å². The molecule has 110 valence electrons. The highest BCUT2D eigenvalue weighted by atomic mass is 16.6. The summed E-state index contributed by atoms with van der Waals surface area (Å²) in [5, 5.41) is 15.6. The first-order chi connectivity index (χ1) is 9.47. The molecule has 1 unspecified atom stereocenters. The van der Waals surface area contributed by atoms with Crippen molar-refractivity contribution in [3.05, 3.63) is 15.8 Å². The Kier molecular flexibility index (Phi) is 4.06. The molecule has 0 bridgehead atoms. The standard InChI is InChI=1S/C13H20N4O3/c1-4-16-13(12(17(19)20)9(2)14-16)15-8-6-5-7-11(15)10(3)18/h11H,4-8H2,1-3H3. The van der Waals surface area contributed by atoms with Crippen molar-refractivity contribution < 1.29 is 9.72 Å². The van der Waals surface area contributed by atoms with Crippen LogP contribution < -0.4 is 4.90 Å². The molecule has 0 amide bonds. The van der Waals surface area contributed by atoms with E-state index in [1.165, 1.54) is 0 Å². The number of aromatic nitrogens is 2. The normalized spacial score (nSPS) is 19.1. The van der Waals surface area contributed by atoms with Gasteiger partial charge in [0, 0.05) is 13.1 Å². The molecule has 0 N–H and O–H groups in total. The molecule has 1 aromatic heterocycles. The number of carbonyl (C=O) groups excluding carboxylic acids is 1. The lowest BCUT2D eigenvalue weighted by Crippen LogP contribution is -2.45. The highest BCUT2D eigenvalue weighted by Gasteiger charge is 2.35. The summed E-state index contributed by atoms with van der Waals surface area (Å²) in [4.78, 5) is 24.6. The van der Waals surface area contributed by atoms with Gasteiger partial charge >= 0.3 is 5.69 Å². The number of anilines is 1. The Morgan fingerprint density at radius 2 is 2.20 bits per heavy atom. The first-order valence-corrected chi connectivity index (χ1v) is 6.96. The molecule has 1 aliphatic heterocycles. The minimum atomic E-state index is -0.393. The second kappa shape index (κ2) is 5.60. The third-order valence-electron chi connectivity index (χ3n) is 3.80. The Morgan fingerprint density at radius 1 is 1.50 bits per heavy atom. The summed E-state index contributed by atoms with van der Waals surface area (Å²) in [7, 11) is 0. The molecular formula is C13H20N4O3. The van der Waals surface area contributed by atoms with Crippen LogP contribution in [0.5, 0.6) is 0 Å². The number of hydrogen-bond donors (Lipinski definition) is 0. The van der Waals surface area contributed by atoms with Crippen LogP contribution in [0.25, 0.3) is 0 Å². The lowest BCUT2D eigenvalue weighted by Gasteiger charge is -2.35. The zero-order valence-corrected chi connectivity index (χ0v) is 12.1. The molecule has 2 heterocycles. The van der Waals surface area contributed by atoms with E-state index in [1.54, 1.807) is 18.5 Å². The molecule has 7 nitrogen and oxygen atoms in total. The first kappa shape index (κ1) is 14.5. The van der Waals surface area contributed by atoms with Gasteiger partial charge in [-0.3, -0.25) is 14.9 Å². The van der Waals surface area contributed by atoms with E-state index in [0.717, 1.165) is 19.3 Å². The number of rotatable bonds is 4. The number of nitro groups is 1. The maximum absolute atomic E-state index is 11.8. The fourth-order valence-corrected chi connectivity index (χ4v) is 2.89. The number of hydrogen-bond acceptors (Lipinski definition) is 5. The zero-order chi connectivity index (χ0) is 14.9. The SMILES string of the molecule is CCn1nc(C)c([N+](=O)[O-])c1N1CCCCC1C(C)=O. The van der Waals surface area contributed by atoms with E-state index in [-0.39, 0.29) is 17.5 Å². The van der Waals surface area contributed by atoms with Gasteiger partial charge < -0.3 is 4.90 Å². The number of piperidine rings is 1. The fraction of sp³-hybridized carbons (Fsp3) is 0.692. The Bertz CT molecular complexity index is 538. The monoisotopic (exact) mass is 280 g/mol. The van der Waals surface area contributed by atoms with E-state index in [9.17, 15) is 14.9 Å². The topological polar surface area (TPSA) is 81.3 Å². The number of ketones is 1. The van der Waals surface area contributed by atoms with Crippen molar-refractivity contribution in [2.24, 2.45) is 0 Å². The Morgan fingerprint density at radius 3 is 2.75 bits per heavy atom. The van der Waals surface area contributed by atoms with Crippen molar-refractivity contribution in [3.8, 4) is 0 Å². The molecule has 0 spiro atoms. The molecule has 1 aliphatic rings. The third kappa shape index (κ3) is 2.39. The molecular weight excluding hydrogens is 260 g/mol. The van der Waals surface area contributed by atoms with Gasteiger partial charge in [-0.05, 0) is 40.0 Å². The van der Waals surface area contributed by atoms with Crippen LogP contribution in [0.1, 0.15) is 38.8 Å². The van der Waals surface area contributed by atoms with E-state index in [4.69, 9.17) is 0 Å². The molecule has 1 saturated heterocycles. The summed E-state index contributed by atoms with van der Waals surface area (Å²) < 4.78 is 1.63. The molecule has 20 heavy (non-hydrogen) atoms. The van der Waals surface area contributed by atoms with Crippen molar-refractivity contribution in [1.82, 2.24) is 9.78 Å². The van der Waals surface area contributed by atoms with Crippen molar-refractivity contribution in [1.29, 1.82) is 0 Å². The van der Waals surface area contributed by atoms with Crippen molar-refractivity contribution in [2.75, 3.05) is 11.4 Å². The third-order valence-corrected chi connectivity index (χ3v) is 3.80. The van der Waals surface area contributed by atoms with Gasteiger partial charge in [0.15, 0.2) is 5.78 Å². The van der Waals surface area contributed by atoms with E-state index < -0.39 is 4.92 Å². The highest BCUT2D eigenvalue weighted by Crippen LogP contribution is 2.35. The second-order valence-corrected chi connectivity index (χ2v) is 5.15. The zero-order valence-electron chi connectivity index (χ0n) is 12.1. The minimum Gasteiger partial charge on any atom is -0.341 e. The molecule has 7 heteroatoms. The Hall–Kier alpha value is -1.92. The Labute approximate surface area is 117 Å². The smallest absolute Gasteiger partial charge is 0.333 e. The van der Waals surface area contributed by atoms with Gasteiger partial charge in [-0.2, -0.15) is 5.10 Å². The minimum absolute atomic E-state index is 0.0278. The van der Waals surface area contributed by atoms with Crippen LogP contribution in [-0.2, 0) is 11.3 Å². The molecule has 0 radical (unpaired) electrons. The van der Waals surface area contributed by atoms with E-state index in [0.29, 0.717) is 24.6 Å². The summed E-state index contributed by atoms with van der Waals surface area (Å²) in [6.45, 7) is 6.29. The van der Waals surface area contributed by atoms with Gasteiger partial charge in [0.2, 0.25) is 5.82 Å². The summed E-state index contributed by atoms with van der Waals surface area (Å²) in [6.07, 6.45) is 2.67. The lowest BCUT2D eigenvalue weighted by molar-refractivity contribution is -0.384. The predicted octanol–water partition coefficient (Wildman–Crippen LogP) is 2.07. The molecule has 0 saturated carbocycles. The van der Waals surface area contributed by atoms with Gasteiger partial charge in [-0.25, -0.2) is 4.68 Å². The fourth-order valence-electron chi connectivity index (χ4n) is 2.89. The summed E-state index contributed by atoms with van der Waals surface area (Å²) >= 11 is 0. The lowest BCUT2D eigenvalue weighted by atomic mass is 9.99. The van der Waals surface area contributed by atoms with Gasteiger partial charge in [0.25, 0.3) is 0 Å².